The number of rotatable bonds is 7. The number of hydrogen-bond donors (Lipinski definition) is 1. The van der Waals surface area contributed by atoms with Gasteiger partial charge in [0.25, 0.3) is 0 Å². The summed E-state index contributed by atoms with van der Waals surface area (Å²) in [5, 5.41) is 4.39. The van der Waals surface area contributed by atoms with Crippen LogP contribution >= 0.6 is 11.8 Å². The monoisotopic (exact) mass is 287 g/mol. The van der Waals surface area contributed by atoms with Gasteiger partial charge in [-0.15, -0.1) is 11.8 Å². The molecule has 0 aliphatic heterocycles. The largest absolute Gasteiger partial charge is 0.312 e. The van der Waals surface area contributed by atoms with Gasteiger partial charge in [-0.3, -0.25) is 0 Å². The van der Waals surface area contributed by atoms with E-state index in [-0.39, 0.29) is 0 Å². The van der Waals surface area contributed by atoms with E-state index in [0.29, 0.717) is 6.04 Å². The first-order chi connectivity index (χ1) is 9.83. The lowest BCUT2D eigenvalue weighted by Gasteiger charge is -2.16. The first-order valence-electron chi connectivity index (χ1n) is 6.98. The zero-order chi connectivity index (χ0) is 14.2. The van der Waals surface area contributed by atoms with E-state index in [9.17, 15) is 0 Å². The summed E-state index contributed by atoms with van der Waals surface area (Å²) >= 11 is 1.75. The van der Waals surface area contributed by atoms with Gasteiger partial charge in [-0.05, 0) is 30.7 Å². The second kappa shape index (κ2) is 8.02. The molecule has 0 fully saturated rings. The number of hydrogen-bond acceptors (Lipinski definition) is 4. The number of nitrogens with zero attached hydrogens (tertiary/aromatic N) is 2. The molecule has 1 heterocycles. The molecule has 1 aromatic carbocycles. The van der Waals surface area contributed by atoms with Gasteiger partial charge in [-0.25, -0.2) is 9.97 Å². The van der Waals surface area contributed by atoms with Crippen LogP contribution in [0.5, 0.6) is 0 Å². The first kappa shape index (κ1) is 15.0. The Labute approximate surface area is 125 Å². The maximum atomic E-state index is 4.24. The van der Waals surface area contributed by atoms with Crippen molar-refractivity contribution in [1.82, 2.24) is 15.3 Å². The second-order valence-electron chi connectivity index (χ2n) is 4.69. The van der Waals surface area contributed by atoms with Crippen LogP contribution in [0.3, 0.4) is 0 Å². The summed E-state index contributed by atoms with van der Waals surface area (Å²) in [4.78, 5) is 8.18. The number of aryl methyl sites for hydroxylation is 1. The van der Waals surface area contributed by atoms with E-state index in [4.69, 9.17) is 0 Å². The molecule has 20 heavy (non-hydrogen) atoms. The molecule has 0 radical (unpaired) electrons. The number of nitrogens with one attached hydrogen (secondary N) is 1. The van der Waals surface area contributed by atoms with Crippen molar-refractivity contribution in [2.45, 2.75) is 30.8 Å². The molecular weight excluding hydrogens is 266 g/mol. The third-order valence-electron chi connectivity index (χ3n) is 3.22. The van der Waals surface area contributed by atoms with Gasteiger partial charge in [0.1, 0.15) is 6.33 Å². The Bertz CT molecular complexity index is 499. The molecule has 0 bridgehead atoms. The summed E-state index contributed by atoms with van der Waals surface area (Å²) in [6, 6.07) is 11.2. The minimum Gasteiger partial charge on any atom is -0.312 e. The van der Waals surface area contributed by atoms with E-state index < -0.39 is 0 Å². The molecule has 0 amide bonds. The Morgan fingerprint density at radius 1 is 1.20 bits per heavy atom. The lowest BCUT2D eigenvalue weighted by atomic mass is 10.0. The molecule has 2 aromatic rings. The van der Waals surface area contributed by atoms with Crippen LogP contribution in [0.25, 0.3) is 0 Å². The molecule has 1 unspecified atom stereocenters. The maximum Gasteiger partial charge on any atom is 0.116 e. The van der Waals surface area contributed by atoms with Gasteiger partial charge in [0.2, 0.25) is 0 Å². The average molecular weight is 287 g/mol. The van der Waals surface area contributed by atoms with Crippen molar-refractivity contribution >= 4 is 11.8 Å². The highest BCUT2D eigenvalue weighted by Crippen LogP contribution is 2.23. The highest BCUT2D eigenvalue weighted by molar-refractivity contribution is 7.99. The van der Waals surface area contributed by atoms with Crippen LogP contribution in [0.1, 0.15) is 30.5 Å². The quantitative estimate of drug-likeness (QED) is 0.625. The first-order valence-corrected chi connectivity index (χ1v) is 7.97. The zero-order valence-electron chi connectivity index (χ0n) is 12.0. The minimum absolute atomic E-state index is 0.339. The zero-order valence-corrected chi connectivity index (χ0v) is 12.9. The van der Waals surface area contributed by atoms with Gasteiger partial charge in [0.15, 0.2) is 0 Å². The van der Waals surface area contributed by atoms with Gasteiger partial charge in [0.05, 0.1) is 5.03 Å². The van der Waals surface area contributed by atoms with Crippen molar-refractivity contribution in [2.75, 3.05) is 12.8 Å². The average Bonchev–Trinajstić information content (AvgIpc) is 2.51. The van der Waals surface area contributed by atoms with E-state index >= 15 is 0 Å². The van der Waals surface area contributed by atoms with E-state index in [1.165, 1.54) is 17.5 Å². The van der Waals surface area contributed by atoms with E-state index in [0.717, 1.165) is 17.2 Å². The standard InChI is InChI=1S/C16H21N3S/c1-3-4-13-5-7-14(8-6-13)15(17-2)11-20-16-9-10-18-12-19-16/h5-10,12,15,17H,3-4,11H2,1-2H3. The highest BCUT2D eigenvalue weighted by atomic mass is 32.2. The van der Waals surface area contributed by atoms with Crippen LogP contribution in [0, 0.1) is 0 Å². The highest BCUT2D eigenvalue weighted by Gasteiger charge is 2.10. The van der Waals surface area contributed by atoms with Crippen molar-refractivity contribution in [2.24, 2.45) is 0 Å². The summed E-state index contributed by atoms with van der Waals surface area (Å²) < 4.78 is 0. The van der Waals surface area contributed by atoms with Gasteiger partial charge in [0, 0.05) is 18.0 Å². The topological polar surface area (TPSA) is 37.8 Å². The third kappa shape index (κ3) is 4.32. The molecule has 1 N–H and O–H groups in total. The summed E-state index contributed by atoms with van der Waals surface area (Å²) in [5.74, 6) is 0.959. The molecule has 3 nitrogen and oxygen atoms in total. The molecule has 1 atom stereocenters. The van der Waals surface area contributed by atoms with Crippen molar-refractivity contribution in [3.8, 4) is 0 Å². The molecule has 2 rings (SSSR count). The number of aromatic nitrogens is 2. The van der Waals surface area contributed by atoms with Gasteiger partial charge in [-0.2, -0.15) is 0 Å². The van der Waals surface area contributed by atoms with E-state index in [1.54, 1.807) is 24.3 Å². The Hall–Kier alpha value is -1.39. The Morgan fingerprint density at radius 3 is 2.60 bits per heavy atom. The number of thioether (sulfide) groups is 1. The minimum atomic E-state index is 0.339. The molecule has 4 heteroatoms. The molecule has 106 valence electrons. The maximum absolute atomic E-state index is 4.24. The van der Waals surface area contributed by atoms with E-state index in [1.807, 2.05) is 13.1 Å². The smallest absolute Gasteiger partial charge is 0.116 e. The van der Waals surface area contributed by atoms with Gasteiger partial charge in [-0.1, -0.05) is 37.6 Å². The molecule has 0 aliphatic rings. The molecular formula is C16H21N3S. The fourth-order valence-electron chi connectivity index (χ4n) is 2.08. The van der Waals surface area contributed by atoms with Crippen LogP contribution in [0.4, 0.5) is 0 Å². The molecule has 0 aliphatic carbocycles. The predicted molar refractivity (Wildman–Crippen MR) is 85.0 cm³/mol. The van der Waals surface area contributed by atoms with Crippen LogP contribution in [-0.4, -0.2) is 22.8 Å². The summed E-state index contributed by atoms with van der Waals surface area (Å²) in [5.41, 5.74) is 2.74. The molecule has 0 saturated heterocycles. The lowest BCUT2D eigenvalue weighted by Crippen LogP contribution is -2.18. The molecule has 0 spiro atoms. The Morgan fingerprint density at radius 2 is 2.00 bits per heavy atom. The summed E-state index contributed by atoms with van der Waals surface area (Å²) in [7, 11) is 2.01. The third-order valence-corrected chi connectivity index (χ3v) is 4.26. The normalized spacial score (nSPS) is 12.3. The SMILES string of the molecule is CCCc1ccc(C(CSc2ccncn2)NC)cc1. The fraction of sp³-hybridized carbons (Fsp3) is 0.375. The Kier molecular flexibility index (Phi) is 6.02. The van der Waals surface area contributed by atoms with Crippen LogP contribution < -0.4 is 5.32 Å². The predicted octanol–water partition coefficient (Wildman–Crippen LogP) is 3.48. The van der Waals surface area contributed by atoms with Crippen molar-refractivity contribution in [3.05, 3.63) is 54.0 Å². The number of benzene rings is 1. The van der Waals surface area contributed by atoms with Gasteiger partial charge < -0.3 is 5.32 Å². The van der Waals surface area contributed by atoms with Gasteiger partial charge >= 0.3 is 0 Å². The lowest BCUT2D eigenvalue weighted by molar-refractivity contribution is 0.661. The summed E-state index contributed by atoms with van der Waals surface area (Å²) in [6.07, 6.45) is 5.72. The fourth-order valence-corrected chi connectivity index (χ4v) is 3.06. The molecule has 0 saturated carbocycles. The van der Waals surface area contributed by atoms with Crippen molar-refractivity contribution in [3.63, 3.8) is 0 Å². The second-order valence-corrected chi connectivity index (χ2v) is 5.73. The van der Waals surface area contributed by atoms with Crippen LogP contribution in [-0.2, 0) is 6.42 Å². The van der Waals surface area contributed by atoms with Crippen LogP contribution in [0.15, 0.2) is 47.9 Å². The Balaban J connectivity index is 1.97. The van der Waals surface area contributed by atoms with Crippen molar-refractivity contribution < 1.29 is 0 Å². The van der Waals surface area contributed by atoms with E-state index in [2.05, 4.69) is 46.5 Å². The molecule has 1 aromatic heterocycles. The van der Waals surface area contributed by atoms with Crippen molar-refractivity contribution in [1.29, 1.82) is 0 Å². The van der Waals surface area contributed by atoms with Crippen LogP contribution in [0.2, 0.25) is 0 Å². The summed E-state index contributed by atoms with van der Waals surface area (Å²) in [6.45, 7) is 2.21.